The molecule has 0 saturated carbocycles. The standard InChI is InChI=1S/C18H22N2O2/c1-22-14-6-2-5-13-16(14)12-7-9-19-8-3-4-11-10-15(21)20(13)18(12)17(11)19/h2,5-6,11,15,17,21H,3-4,7-10H2,1H3/t11-,15?,17-/m1/s1. The molecule has 3 aliphatic rings. The summed E-state index contributed by atoms with van der Waals surface area (Å²) in [7, 11) is 1.74. The van der Waals surface area contributed by atoms with Crippen LogP contribution in [0.4, 0.5) is 0 Å². The van der Waals surface area contributed by atoms with Gasteiger partial charge in [-0.2, -0.15) is 0 Å². The second-order valence-corrected chi connectivity index (χ2v) is 6.94. The molecule has 3 atom stereocenters. The fourth-order valence-electron chi connectivity index (χ4n) is 5.17. The average Bonchev–Trinajstić information content (AvgIpc) is 2.90. The van der Waals surface area contributed by atoms with Crippen LogP contribution in [0.15, 0.2) is 18.2 Å². The van der Waals surface area contributed by atoms with Gasteiger partial charge in [-0.05, 0) is 55.8 Å². The van der Waals surface area contributed by atoms with Crippen molar-refractivity contribution in [2.75, 3.05) is 20.2 Å². The molecular weight excluding hydrogens is 276 g/mol. The highest BCUT2D eigenvalue weighted by molar-refractivity contribution is 5.92. The molecule has 1 saturated heterocycles. The first-order chi connectivity index (χ1) is 10.8. The van der Waals surface area contributed by atoms with Gasteiger partial charge in [0.15, 0.2) is 0 Å². The van der Waals surface area contributed by atoms with E-state index in [2.05, 4.69) is 15.5 Å². The molecular formula is C18H22N2O2. The number of aliphatic hydroxyl groups excluding tert-OH is 1. The Morgan fingerprint density at radius 1 is 1.27 bits per heavy atom. The number of benzene rings is 1. The number of aliphatic hydroxyl groups is 1. The van der Waals surface area contributed by atoms with Crippen LogP contribution >= 0.6 is 0 Å². The molecule has 1 unspecified atom stereocenters. The van der Waals surface area contributed by atoms with E-state index in [1.165, 1.54) is 36.0 Å². The minimum atomic E-state index is -0.391. The summed E-state index contributed by atoms with van der Waals surface area (Å²) >= 11 is 0. The van der Waals surface area contributed by atoms with Gasteiger partial charge in [0.2, 0.25) is 0 Å². The van der Waals surface area contributed by atoms with Crippen LogP contribution in [0.3, 0.4) is 0 Å². The van der Waals surface area contributed by atoms with E-state index in [-0.39, 0.29) is 0 Å². The molecule has 1 N–H and O–H groups in total. The van der Waals surface area contributed by atoms with Crippen molar-refractivity contribution in [3.05, 3.63) is 29.5 Å². The number of ether oxygens (including phenoxy) is 1. The average molecular weight is 298 g/mol. The molecule has 0 spiro atoms. The van der Waals surface area contributed by atoms with Crippen LogP contribution in [0.5, 0.6) is 5.75 Å². The highest BCUT2D eigenvalue weighted by Crippen LogP contribution is 2.52. The first-order valence-corrected chi connectivity index (χ1v) is 8.41. The van der Waals surface area contributed by atoms with E-state index in [0.29, 0.717) is 12.0 Å². The largest absolute Gasteiger partial charge is 0.496 e. The zero-order chi connectivity index (χ0) is 14.8. The first kappa shape index (κ1) is 13.0. The van der Waals surface area contributed by atoms with Gasteiger partial charge in [0.1, 0.15) is 12.0 Å². The molecule has 1 fully saturated rings. The van der Waals surface area contributed by atoms with E-state index in [4.69, 9.17) is 4.74 Å². The highest BCUT2D eigenvalue weighted by atomic mass is 16.5. The van der Waals surface area contributed by atoms with Crippen LogP contribution in [0.2, 0.25) is 0 Å². The summed E-state index contributed by atoms with van der Waals surface area (Å²) < 4.78 is 7.83. The second kappa shape index (κ2) is 4.49. The molecule has 0 amide bonds. The molecule has 1 aromatic heterocycles. The fraction of sp³-hybridized carbons (Fsp3) is 0.556. The van der Waals surface area contributed by atoms with Gasteiger partial charge in [-0.25, -0.2) is 0 Å². The van der Waals surface area contributed by atoms with Gasteiger partial charge in [-0.3, -0.25) is 4.90 Å². The summed E-state index contributed by atoms with van der Waals surface area (Å²) in [4.78, 5) is 2.64. The van der Waals surface area contributed by atoms with E-state index in [1.807, 2.05) is 12.1 Å². The van der Waals surface area contributed by atoms with Crippen molar-refractivity contribution in [1.82, 2.24) is 9.47 Å². The molecule has 3 aliphatic heterocycles. The summed E-state index contributed by atoms with van der Waals surface area (Å²) in [5.41, 5.74) is 3.93. The summed E-state index contributed by atoms with van der Waals surface area (Å²) in [6, 6.07) is 6.71. The SMILES string of the molecule is COc1cccc2c1c1c3n2C(O)C[C@H]2CCCN(CC1)[C@@H]32. The van der Waals surface area contributed by atoms with Gasteiger partial charge >= 0.3 is 0 Å². The lowest BCUT2D eigenvalue weighted by Crippen LogP contribution is -2.47. The van der Waals surface area contributed by atoms with Crippen molar-refractivity contribution >= 4 is 10.9 Å². The molecule has 4 heterocycles. The highest BCUT2D eigenvalue weighted by Gasteiger charge is 2.44. The number of methoxy groups -OCH3 is 1. The number of hydrogen-bond donors (Lipinski definition) is 1. The van der Waals surface area contributed by atoms with Gasteiger partial charge < -0.3 is 14.4 Å². The molecule has 0 bridgehead atoms. The van der Waals surface area contributed by atoms with Crippen LogP contribution in [0.1, 0.15) is 42.8 Å². The van der Waals surface area contributed by atoms with Crippen LogP contribution < -0.4 is 4.74 Å². The maximum absolute atomic E-state index is 10.8. The lowest BCUT2D eigenvalue weighted by atomic mass is 9.78. The Labute approximate surface area is 130 Å². The Bertz CT molecular complexity index is 751. The van der Waals surface area contributed by atoms with Crippen molar-refractivity contribution in [3.8, 4) is 5.75 Å². The Kier molecular flexibility index (Phi) is 2.65. The van der Waals surface area contributed by atoms with Crippen LogP contribution in [-0.2, 0) is 6.42 Å². The lowest BCUT2D eigenvalue weighted by Gasteiger charge is -2.48. The molecule has 5 rings (SSSR count). The van der Waals surface area contributed by atoms with E-state index >= 15 is 0 Å². The lowest BCUT2D eigenvalue weighted by molar-refractivity contribution is -0.0148. The van der Waals surface area contributed by atoms with E-state index in [0.717, 1.165) is 30.7 Å². The van der Waals surface area contributed by atoms with Crippen molar-refractivity contribution < 1.29 is 9.84 Å². The number of fused-ring (bicyclic) bond motifs is 3. The second-order valence-electron chi connectivity index (χ2n) is 6.94. The van der Waals surface area contributed by atoms with Gasteiger partial charge in [-0.1, -0.05) is 6.07 Å². The van der Waals surface area contributed by atoms with Gasteiger partial charge in [-0.15, -0.1) is 0 Å². The summed E-state index contributed by atoms with van der Waals surface area (Å²) in [6.45, 7) is 2.34. The van der Waals surface area contributed by atoms with Crippen LogP contribution in [-0.4, -0.2) is 34.8 Å². The van der Waals surface area contributed by atoms with Crippen molar-refractivity contribution in [1.29, 1.82) is 0 Å². The molecule has 22 heavy (non-hydrogen) atoms. The minimum Gasteiger partial charge on any atom is -0.496 e. The third kappa shape index (κ3) is 1.49. The molecule has 1 aromatic carbocycles. The normalized spacial score (nSPS) is 30.4. The van der Waals surface area contributed by atoms with Gasteiger partial charge in [0.05, 0.1) is 18.7 Å². The predicted octanol–water partition coefficient (Wildman–Crippen LogP) is 2.85. The van der Waals surface area contributed by atoms with E-state index in [9.17, 15) is 5.11 Å². The zero-order valence-electron chi connectivity index (χ0n) is 13.0. The number of rotatable bonds is 1. The third-order valence-corrected chi connectivity index (χ3v) is 5.96. The summed E-state index contributed by atoms with van der Waals surface area (Å²) in [5, 5.41) is 12.0. The van der Waals surface area contributed by atoms with Gasteiger partial charge in [0, 0.05) is 17.6 Å². The predicted molar refractivity (Wildman–Crippen MR) is 85.1 cm³/mol. The van der Waals surface area contributed by atoms with Crippen molar-refractivity contribution in [2.24, 2.45) is 5.92 Å². The molecule has 0 aliphatic carbocycles. The number of nitrogens with zero attached hydrogens (tertiary/aromatic N) is 2. The smallest absolute Gasteiger partial charge is 0.131 e. The summed E-state index contributed by atoms with van der Waals surface area (Å²) in [6.07, 6.45) is 4.07. The van der Waals surface area contributed by atoms with Crippen LogP contribution in [0, 0.1) is 5.92 Å². The molecule has 4 nitrogen and oxygen atoms in total. The van der Waals surface area contributed by atoms with E-state index in [1.54, 1.807) is 7.11 Å². The number of hydrogen-bond acceptors (Lipinski definition) is 3. The summed E-state index contributed by atoms with van der Waals surface area (Å²) in [5.74, 6) is 1.55. The first-order valence-electron chi connectivity index (χ1n) is 8.41. The Balaban J connectivity index is 1.86. The maximum Gasteiger partial charge on any atom is 0.131 e. The van der Waals surface area contributed by atoms with Crippen LogP contribution in [0.25, 0.3) is 10.9 Å². The minimum absolute atomic E-state index is 0.391. The maximum atomic E-state index is 10.8. The molecule has 0 radical (unpaired) electrons. The Morgan fingerprint density at radius 2 is 2.18 bits per heavy atom. The van der Waals surface area contributed by atoms with Crippen molar-refractivity contribution in [2.45, 2.75) is 38.0 Å². The van der Waals surface area contributed by atoms with E-state index < -0.39 is 6.23 Å². The number of piperidine rings is 1. The zero-order valence-corrected chi connectivity index (χ0v) is 13.0. The molecule has 116 valence electrons. The van der Waals surface area contributed by atoms with Gasteiger partial charge in [0.25, 0.3) is 0 Å². The Morgan fingerprint density at radius 3 is 3.05 bits per heavy atom. The van der Waals surface area contributed by atoms with Crippen molar-refractivity contribution in [3.63, 3.8) is 0 Å². The fourth-order valence-corrected chi connectivity index (χ4v) is 5.17. The molecule has 4 heteroatoms. The number of aromatic nitrogens is 1. The Hall–Kier alpha value is -1.52. The monoisotopic (exact) mass is 298 g/mol. The third-order valence-electron chi connectivity index (χ3n) is 5.96. The quantitative estimate of drug-likeness (QED) is 0.879. The topological polar surface area (TPSA) is 37.6 Å². The molecule has 2 aromatic rings.